The van der Waals surface area contributed by atoms with Crippen molar-refractivity contribution in [2.24, 2.45) is 0 Å². The molecule has 156 valence electrons. The van der Waals surface area contributed by atoms with E-state index in [9.17, 15) is 9.59 Å². The monoisotopic (exact) mass is 444 g/mol. The molecule has 1 unspecified atom stereocenters. The molecule has 8 heteroatoms. The van der Waals surface area contributed by atoms with Crippen molar-refractivity contribution >= 4 is 34.8 Å². The quantitative estimate of drug-likeness (QED) is 0.506. The largest absolute Gasteiger partial charge is 0.497 e. The summed E-state index contributed by atoms with van der Waals surface area (Å²) >= 11 is 7.39. The molecule has 3 rings (SSSR count). The van der Waals surface area contributed by atoms with Crippen LogP contribution < -0.4 is 10.1 Å². The number of amides is 1. The van der Waals surface area contributed by atoms with E-state index in [1.54, 1.807) is 31.4 Å². The molecule has 0 aliphatic rings. The van der Waals surface area contributed by atoms with Gasteiger partial charge in [0.25, 0.3) is 0 Å². The predicted molar refractivity (Wildman–Crippen MR) is 117 cm³/mol. The summed E-state index contributed by atoms with van der Waals surface area (Å²) in [7, 11) is 1.62. The average Bonchev–Trinajstić information content (AvgIpc) is 3.21. The summed E-state index contributed by atoms with van der Waals surface area (Å²) in [5.41, 5.74) is 2.41. The Kier molecular flexibility index (Phi) is 7.43. The molecule has 1 atom stereocenters. The molecule has 6 nitrogen and oxygen atoms in total. The van der Waals surface area contributed by atoms with Gasteiger partial charge in [0.05, 0.1) is 25.3 Å². The number of thiazole rings is 1. The lowest BCUT2D eigenvalue weighted by molar-refractivity contribution is -0.145. The normalized spacial score (nSPS) is 11.6. The number of nitrogens with zero attached hydrogens (tertiary/aromatic N) is 1. The highest BCUT2D eigenvalue weighted by Gasteiger charge is 2.18. The summed E-state index contributed by atoms with van der Waals surface area (Å²) in [4.78, 5) is 28.4. The molecule has 0 saturated carbocycles. The van der Waals surface area contributed by atoms with Gasteiger partial charge in [0.15, 0.2) is 0 Å². The number of carbonyl (C=O) groups is 2. The number of halogens is 1. The fourth-order valence-electron chi connectivity index (χ4n) is 2.81. The van der Waals surface area contributed by atoms with Crippen LogP contribution in [0.4, 0.5) is 0 Å². The first-order chi connectivity index (χ1) is 14.4. The summed E-state index contributed by atoms with van der Waals surface area (Å²) in [6, 6.07) is 14.1. The van der Waals surface area contributed by atoms with Crippen molar-refractivity contribution in [2.75, 3.05) is 7.11 Å². The third-order valence-electron chi connectivity index (χ3n) is 4.29. The molecule has 0 bridgehead atoms. The lowest BCUT2D eigenvalue weighted by atomic mass is 10.0. The Hall–Kier alpha value is -2.90. The number of hydrogen-bond acceptors (Lipinski definition) is 6. The van der Waals surface area contributed by atoms with Gasteiger partial charge in [0.1, 0.15) is 17.4 Å². The molecular formula is C22H21ClN2O4S. The van der Waals surface area contributed by atoms with E-state index in [4.69, 9.17) is 21.1 Å². The number of benzene rings is 2. The third-order valence-corrected chi connectivity index (χ3v) is 5.48. The minimum absolute atomic E-state index is 0.0106. The van der Waals surface area contributed by atoms with E-state index in [2.05, 4.69) is 10.3 Å². The van der Waals surface area contributed by atoms with Crippen LogP contribution in [0, 0.1) is 0 Å². The number of hydrogen-bond donors (Lipinski definition) is 1. The Bertz CT molecular complexity index is 1000. The van der Waals surface area contributed by atoms with Crippen LogP contribution in [0.2, 0.25) is 5.02 Å². The fraction of sp³-hybridized carbons (Fsp3) is 0.227. The van der Waals surface area contributed by atoms with Crippen molar-refractivity contribution in [1.29, 1.82) is 0 Å². The molecule has 30 heavy (non-hydrogen) atoms. The highest BCUT2D eigenvalue weighted by atomic mass is 35.5. The van der Waals surface area contributed by atoms with E-state index >= 15 is 0 Å². The zero-order chi connectivity index (χ0) is 21.5. The van der Waals surface area contributed by atoms with E-state index in [1.165, 1.54) is 18.3 Å². The van der Waals surface area contributed by atoms with Gasteiger partial charge in [-0.25, -0.2) is 4.98 Å². The lowest BCUT2D eigenvalue weighted by Crippen LogP contribution is -2.28. The maximum atomic E-state index is 12.4. The van der Waals surface area contributed by atoms with Crippen LogP contribution in [-0.2, 0) is 20.9 Å². The van der Waals surface area contributed by atoms with Crippen molar-refractivity contribution in [3.8, 4) is 16.3 Å². The van der Waals surface area contributed by atoms with Crippen LogP contribution in [0.5, 0.6) is 5.75 Å². The van der Waals surface area contributed by atoms with Crippen LogP contribution in [0.25, 0.3) is 10.6 Å². The molecular weight excluding hydrogens is 424 g/mol. The van der Waals surface area contributed by atoms with Crippen molar-refractivity contribution < 1.29 is 19.1 Å². The molecule has 0 radical (unpaired) electrons. The molecule has 1 N–H and O–H groups in total. The van der Waals surface area contributed by atoms with Crippen LogP contribution in [0.1, 0.15) is 30.6 Å². The smallest absolute Gasteiger partial charge is 0.308 e. The minimum atomic E-state index is -0.488. The van der Waals surface area contributed by atoms with Gasteiger partial charge in [-0.15, -0.1) is 11.3 Å². The van der Waals surface area contributed by atoms with Crippen molar-refractivity contribution in [1.82, 2.24) is 10.3 Å². The van der Waals surface area contributed by atoms with Gasteiger partial charge in [-0.05, 0) is 42.0 Å². The highest BCUT2D eigenvalue weighted by Crippen LogP contribution is 2.26. The predicted octanol–water partition coefficient (Wildman–Crippen LogP) is 4.78. The number of methoxy groups -OCH3 is 1. The summed E-state index contributed by atoms with van der Waals surface area (Å²) < 4.78 is 10.5. The number of esters is 1. The second-order valence-electron chi connectivity index (χ2n) is 6.54. The van der Waals surface area contributed by atoms with Gasteiger partial charge >= 0.3 is 5.97 Å². The Morgan fingerprint density at radius 3 is 2.47 bits per heavy atom. The number of aromatic nitrogens is 1. The van der Waals surface area contributed by atoms with E-state index in [0.717, 1.165) is 21.9 Å². The third kappa shape index (κ3) is 6.05. The van der Waals surface area contributed by atoms with Gasteiger partial charge in [0, 0.05) is 22.9 Å². The van der Waals surface area contributed by atoms with Gasteiger partial charge in [-0.1, -0.05) is 23.7 Å². The molecule has 2 aromatic carbocycles. The van der Waals surface area contributed by atoms with E-state index in [-0.39, 0.29) is 18.9 Å². The second-order valence-corrected chi connectivity index (χ2v) is 7.84. The number of ether oxygens (including phenoxy) is 2. The molecule has 1 amide bonds. The Labute approximate surface area is 183 Å². The molecule has 3 aromatic rings. The first kappa shape index (κ1) is 21.8. The molecule has 0 spiro atoms. The molecule has 0 aliphatic heterocycles. The summed E-state index contributed by atoms with van der Waals surface area (Å²) in [6.45, 7) is 1.48. The standard InChI is InChI=1S/C22H21ClN2O4S/c1-14(26)24-20(15-3-7-17(23)8-4-15)11-21(27)29-12-18-13-30-22(25-18)16-5-9-19(28-2)10-6-16/h3-10,13,20H,11-12H2,1-2H3,(H,24,26). The van der Waals surface area contributed by atoms with Gasteiger partial charge < -0.3 is 14.8 Å². The maximum Gasteiger partial charge on any atom is 0.308 e. The fourth-order valence-corrected chi connectivity index (χ4v) is 3.75. The second kappa shape index (κ2) is 10.2. The maximum absolute atomic E-state index is 12.4. The summed E-state index contributed by atoms with van der Waals surface area (Å²) in [6.07, 6.45) is 0.0106. The topological polar surface area (TPSA) is 77.5 Å². The van der Waals surface area contributed by atoms with Crippen LogP contribution in [0.3, 0.4) is 0 Å². The van der Waals surface area contributed by atoms with Crippen molar-refractivity contribution in [2.45, 2.75) is 26.0 Å². The number of nitrogens with one attached hydrogen (secondary N) is 1. The molecule has 0 saturated heterocycles. The van der Waals surface area contributed by atoms with Crippen LogP contribution in [-0.4, -0.2) is 24.0 Å². The molecule has 0 fully saturated rings. The minimum Gasteiger partial charge on any atom is -0.497 e. The molecule has 1 aromatic heterocycles. The average molecular weight is 445 g/mol. The summed E-state index contributed by atoms with van der Waals surface area (Å²) in [5.74, 6) is 0.118. The zero-order valence-electron chi connectivity index (χ0n) is 16.6. The highest BCUT2D eigenvalue weighted by molar-refractivity contribution is 7.13. The van der Waals surface area contributed by atoms with Gasteiger partial charge in [-0.3, -0.25) is 9.59 Å². The Balaban J connectivity index is 1.59. The van der Waals surface area contributed by atoms with E-state index in [0.29, 0.717) is 10.7 Å². The summed E-state index contributed by atoms with van der Waals surface area (Å²) in [5, 5.41) is 6.05. The first-order valence-corrected chi connectivity index (χ1v) is 10.5. The Morgan fingerprint density at radius 1 is 1.13 bits per heavy atom. The molecule has 0 aliphatic carbocycles. The SMILES string of the molecule is COc1ccc(-c2nc(COC(=O)CC(NC(C)=O)c3ccc(Cl)cc3)cs2)cc1. The number of rotatable bonds is 8. The number of carbonyl (C=O) groups excluding carboxylic acids is 2. The lowest BCUT2D eigenvalue weighted by Gasteiger charge is -2.17. The van der Waals surface area contributed by atoms with Crippen molar-refractivity contribution in [3.63, 3.8) is 0 Å². The van der Waals surface area contributed by atoms with E-state index < -0.39 is 12.0 Å². The van der Waals surface area contributed by atoms with Gasteiger partial charge in [-0.2, -0.15) is 0 Å². The van der Waals surface area contributed by atoms with Crippen molar-refractivity contribution in [3.05, 3.63) is 70.2 Å². The Morgan fingerprint density at radius 2 is 1.83 bits per heavy atom. The van der Waals surface area contributed by atoms with Crippen LogP contribution >= 0.6 is 22.9 Å². The molecule has 1 heterocycles. The first-order valence-electron chi connectivity index (χ1n) is 9.21. The van der Waals surface area contributed by atoms with Gasteiger partial charge in [0.2, 0.25) is 5.91 Å². The zero-order valence-corrected chi connectivity index (χ0v) is 18.1. The van der Waals surface area contributed by atoms with Crippen LogP contribution in [0.15, 0.2) is 53.9 Å². The van der Waals surface area contributed by atoms with E-state index in [1.807, 2.05) is 29.6 Å².